The van der Waals surface area contributed by atoms with Gasteiger partial charge in [0.15, 0.2) is 0 Å². The summed E-state index contributed by atoms with van der Waals surface area (Å²) >= 11 is 0. The lowest BCUT2D eigenvalue weighted by Crippen LogP contribution is -2.43. The van der Waals surface area contributed by atoms with Gasteiger partial charge in [0.05, 0.1) is 6.61 Å². The summed E-state index contributed by atoms with van der Waals surface area (Å²) in [6.07, 6.45) is 1.34. The zero-order valence-corrected chi connectivity index (χ0v) is 14.7. The number of benzene rings is 1. The van der Waals surface area contributed by atoms with Crippen molar-refractivity contribution in [3.63, 3.8) is 0 Å². The Bertz CT molecular complexity index is 432. The third-order valence-corrected chi connectivity index (χ3v) is 4.57. The highest BCUT2D eigenvalue weighted by Gasteiger charge is 2.24. The molecule has 0 saturated carbocycles. The lowest BCUT2D eigenvalue weighted by molar-refractivity contribution is -0.143. The van der Waals surface area contributed by atoms with Crippen molar-refractivity contribution in [3.05, 3.63) is 35.9 Å². The van der Waals surface area contributed by atoms with Crippen molar-refractivity contribution in [1.29, 1.82) is 0 Å². The average Bonchev–Trinajstić information content (AvgIpc) is 2.54. The van der Waals surface area contributed by atoms with Gasteiger partial charge in [-0.2, -0.15) is 0 Å². The highest BCUT2D eigenvalue weighted by Crippen LogP contribution is 2.25. The van der Waals surface area contributed by atoms with Crippen LogP contribution in [0.15, 0.2) is 30.3 Å². The molecule has 0 spiro atoms. The van der Waals surface area contributed by atoms with Crippen molar-refractivity contribution >= 4 is 5.97 Å². The van der Waals surface area contributed by atoms with Crippen LogP contribution in [0.2, 0.25) is 0 Å². The number of ether oxygens (including phenoxy) is 1. The van der Waals surface area contributed by atoms with Gasteiger partial charge in [-0.3, -0.25) is 9.69 Å². The molecule has 0 aliphatic rings. The number of likely N-dealkylation sites (N-methyl/N-ethyl adjacent to an activating group) is 1. The molecule has 3 atom stereocenters. The van der Waals surface area contributed by atoms with Crippen LogP contribution in [0.5, 0.6) is 0 Å². The lowest BCUT2D eigenvalue weighted by atomic mass is 9.92. The predicted octanol–water partition coefficient (Wildman–Crippen LogP) is 4.23. The molecule has 0 saturated heterocycles. The van der Waals surface area contributed by atoms with Gasteiger partial charge in [-0.1, -0.05) is 44.2 Å². The number of nitrogens with zero attached hydrogens (tertiary/aromatic N) is 1. The van der Waals surface area contributed by atoms with Crippen LogP contribution in [-0.4, -0.2) is 36.1 Å². The second-order valence-corrected chi connectivity index (χ2v) is 5.96. The van der Waals surface area contributed by atoms with Gasteiger partial charge < -0.3 is 4.74 Å². The summed E-state index contributed by atoms with van der Waals surface area (Å²) in [5.41, 5.74) is 1.37. The van der Waals surface area contributed by atoms with E-state index in [1.165, 1.54) is 5.56 Å². The average molecular weight is 305 g/mol. The fourth-order valence-electron chi connectivity index (χ4n) is 3.05. The molecule has 0 fully saturated rings. The molecule has 0 aliphatic carbocycles. The fraction of sp³-hybridized carbons (Fsp3) is 0.632. The van der Waals surface area contributed by atoms with Gasteiger partial charge in [0.2, 0.25) is 0 Å². The van der Waals surface area contributed by atoms with Crippen LogP contribution in [0.1, 0.15) is 58.9 Å². The van der Waals surface area contributed by atoms with Gasteiger partial charge in [-0.05, 0) is 45.2 Å². The van der Waals surface area contributed by atoms with E-state index in [2.05, 4.69) is 62.9 Å². The van der Waals surface area contributed by atoms with Crippen molar-refractivity contribution in [2.45, 2.75) is 65.5 Å². The van der Waals surface area contributed by atoms with E-state index in [1.807, 2.05) is 6.92 Å². The quantitative estimate of drug-likeness (QED) is 0.639. The van der Waals surface area contributed by atoms with Crippen molar-refractivity contribution < 1.29 is 9.53 Å². The highest BCUT2D eigenvalue weighted by molar-refractivity contribution is 5.69. The molecule has 3 heteroatoms. The summed E-state index contributed by atoms with van der Waals surface area (Å²) in [5, 5.41) is 0. The molecule has 0 amide bonds. The van der Waals surface area contributed by atoms with E-state index in [0.29, 0.717) is 31.0 Å². The van der Waals surface area contributed by atoms with Gasteiger partial charge in [-0.25, -0.2) is 0 Å². The third-order valence-electron chi connectivity index (χ3n) is 4.57. The topological polar surface area (TPSA) is 29.5 Å². The predicted molar refractivity (Wildman–Crippen MR) is 92.0 cm³/mol. The first-order valence-corrected chi connectivity index (χ1v) is 8.47. The molecule has 0 aromatic heterocycles. The number of carbonyl (C=O) groups is 1. The summed E-state index contributed by atoms with van der Waals surface area (Å²) in [5.74, 6) is 0.375. The molecule has 1 rings (SSSR count). The number of rotatable bonds is 9. The molecule has 124 valence electrons. The molecule has 1 aromatic carbocycles. The van der Waals surface area contributed by atoms with Crippen molar-refractivity contribution in [2.24, 2.45) is 0 Å². The van der Waals surface area contributed by atoms with E-state index in [4.69, 9.17) is 4.74 Å². The standard InChI is InChI=1S/C19H31NO2/c1-6-20(15(3)13-14-19(21)22-7-2)17(5)16(4)18-11-9-8-10-12-18/h8-12,15-17H,6-7,13-14H2,1-5H3/t15?,16-,17?/m1/s1. The largest absolute Gasteiger partial charge is 0.466 e. The number of hydrogen-bond donors (Lipinski definition) is 0. The molecule has 0 radical (unpaired) electrons. The second kappa shape index (κ2) is 9.62. The van der Waals surface area contributed by atoms with E-state index in [0.717, 1.165) is 13.0 Å². The molecule has 22 heavy (non-hydrogen) atoms. The number of carbonyl (C=O) groups excluding carboxylic acids is 1. The van der Waals surface area contributed by atoms with Gasteiger partial charge in [0.1, 0.15) is 0 Å². The zero-order valence-electron chi connectivity index (χ0n) is 14.7. The first kappa shape index (κ1) is 18.7. The Labute approximate surface area is 135 Å². The lowest BCUT2D eigenvalue weighted by Gasteiger charge is -2.37. The summed E-state index contributed by atoms with van der Waals surface area (Å²) in [6.45, 7) is 12.3. The number of hydrogen-bond acceptors (Lipinski definition) is 3. The van der Waals surface area contributed by atoms with Gasteiger partial charge in [0, 0.05) is 18.5 Å². The minimum absolute atomic E-state index is 0.0887. The van der Waals surface area contributed by atoms with Crippen LogP contribution in [0.25, 0.3) is 0 Å². The summed E-state index contributed by atoms with van der Waals surface area (Å²) in [7, 11) is 0. The van der Waals surface area contributed by atoms with Crippen LogP contribution >= 0.6 is 0 Å². The third kappa shape index (κ3) is 5.45. The van der Waals surface area contributed by atoms with Crippen molar-refractivity contribution in [3.8, 4) is 0 Å². The summed E-state index contributed by atoms with van der Waals surface area (Å²) in [6, 6.07) is 11.4. The van der Waals surface area contributed by atoms with E-state index < -0.39 is 0 Å². The Hall–Kier alpha value is -1.35. The molecular formula is C19H31NO2. The molecular weight excluding hydrogens is 274 g/mol. The first-order chi connectivity index (χ1) is 10.5. The van der Waals surface area contributed by atoms with Crippen LogP contribution in [0.3, 0.4) is 0 Å². The SMILES string of the molecule is CCOC(=O)CCC(C)N(CC)C(C)[C@@H](C)c1ccccc1. The summed E-state index contributed by atoms with van der Waals surface area (Å²) < 4.78 is 5.03. The maximum atomic E-state index is 11.5. The van der Waals surface area contributed by atoms with Gasteiger partial charge in [-0.15, -0.1) is 0 Å². The van der Waals surface area contributed by atoms with E-state index >= 15 is 0 Å². The maximum Gasteiger partial charge on any atom is 0.305 e. The normalized spacial score (nSPS) is 15.4. The zero-order chi connectivity index (χ0) is 16.5. The monoisotopic (exact) mass is 305 g/mol. The van der Waals surface area contributed by atoms with E-state index in [9.17, 15) is 4.79 Å². The summed E-state index contributed by atoms with van der Waals surface area (Å²) in [4.78, 5) is 14.0. The minimum atomic E-state index is -0.0887. The highest BCUT2D eigenvalue weighted by atomic mass is 16.5. The molecule has 0 heterocycles. The smallest absolute Gasteiger partial charge is 0.305 e. The molecule has 0 bridgehead atoms. The first-order valence-electron chi connectivity index (χ1n) is 8.47. The Morgan fingerprint density at radius 3 is 2.32 bits per heavy atom. The second-order valence-electron chi connectivity index (χ2n) is 5.96. The fourth-order valence-corrected chi connectivity index (χ4v) is 3.05. The van der Waals surface area contributed by atoms with E-state index in [-0.39, 0.29) is 5.97 Å². The van der Waals surface area contributed by atoms with E-state index in [1.54, 1.807) is 0 Å². The molecule has 0 aliphatic heterocycles. The molecule has 1 aromatic rings. The van der Waals surface area contributed by atoms with Crippen molar-refractivity contribution in [2.75, 3.05) is 13.2 Å². The van der Waals surface area contributed by atoms with Gasteiger partial charge in [0.25, 0.3) is 0 Å². The molecule has 0 N–H and O–H groups in total. The molecule has 2 unspecified atom stereocenters. The van der Waals surface area contributed by atoms with Gasteiger partial charge >= 0.3 is 5.97 Å². The van der Waals surface area contributed by atoms with Crippen LogP contribution in [-0.2, 0) is 9.53 Å². The van der Waals surface area contributed by atoms with Crippen LogP contribution in [0, 0.1) is 0 Å². The Balaban J connectivity index is 2.63. The number of esters is 1. The Kier molecular flexibility index (Phi) is 8.18. The maximum absolute atomic E-state index is 11.5. The Morgan fingerprint density at radius 1 is 1.14 bits per heavy atom. The van der Waals surface area contributed by atoms with Crippen LogP contribution < -0.4 is 0 Å². The molecule has 3 nitrogen and oxygen atoms in total. The van der Waals surface area contributed by atoms with Crippen LogP contribution in [0.4, 0.5) is 0 Å². The minimum Gasteiger partial charge on any atom is -0.466 e. The van der Waals surface area contributed by atoms with Crippen molar-refractivity contribution in [1.82, 2.24) is 4.90 Å². The Morgan fingerprint density at radius 2 is 1.77 bits per heavy atom.